The Morgan fingerprint density at radius 2 is 2.26 bits per heavy atom. The number of benzene rings is 1. The van der Waals surface area contributed by atoms with Crippen molar-refractivity contribution in [2.45, 2.75) is 6.92 Å². The van der Waals surface area contributed by atoms with Crippen LogP contribution < -0.4 is 0 Å². The lowest BCUT2D eigenvalue weighted by Crippen LogP contribution is -2.18. The van der Waals surface area contributed by atoms with Crippen LogP contribution in [-0.2, 0) is 14.4 Å². The van der Waals surface area contributed by atoms with Gasteiger partial charge in [-0.1, -0.05) is 5.16 Å². The van der Waals surface area contributed by atoms with Crippen molar-refractivity contribution in [1.29, 1.82) is 0 Å². The third-order valence-electron chi connectivity index (χ3n) is 2.44. The number of esters is 1. The van der Waals surface area contributed by atoms with Crippen LogP contribution in [0.15, 0.2) is 28.7 Å². The van der Waals surface area contributed by atoms with E-state index in [1.54, 1.807) is 18.4 Å². The van der Waals surface area contributed by atoms with Crippen molar-refractivity contribution in [2.75, 3.05) is 13.7 Å². The van der Waals surface area contributed by atoms with Crippen LogP contribution in [0.3, 0.4) is 0 Å². The third-order valence-corrected chi connectivity index (χ3v) is 3.39. The molecule has 1 aromatic heterocycles. The van der Waals surface area contributed by atoms with Crippen molar-refractivity contribution in [3.8, 4) is 0 Å². The predicted octanol–water partition coefficient (Wildman–Crippen LogP) is 2.95. The summed E-state index contributed by atoms with van der Waals surface area (Å²) < 4.78 is 18.8. The number of hydrogen-bond acceptors (Lipinski definition) is 5. The predicted molar refractivity (Wildman–Crippen MR) is 72.0 cm³/mol. The minimum absolute atomic E-state index is 0.0854. The van der Waals surface area contributed by atoms with E-state index in [9.17, 15) is 9.18 Å². The second kappa shape index (κ2) is 5.79. The van der Waals surface area contributed by atoms with E-state index in [4.69, 9.17) is 4.74 Å². The van der Waals surface area contributed by atoms with Crippen molar-refractivity contribution in [3.05, 3.63) is 35.0 Å². The number of ether oxygens (including phenoxy) is 1. The molecule has 0 aliphatic rings. The molecule has 19 heavy (non-hydrogen) atoms. The minimum atomic E-state index is -0.562. The standard InChI is InChI=1S/C13H12FNO3S/c1-3-18-13(16)12(15-17-2)10-7-19-11-6-8(14)4-5-9(10)11/h4-7H,3H2,1-2H3. The fourth-order valence-electron chi connectivity index (χ4n) is 1.67. The maximum Gasteiger partial charge on any atom is 0.361 e. The number of carbonyl (C=O) groups excluding carboxylic acids is 1. The number of thiophene rings is 1. The van der Waals surface area contributed by atoms with Gasteiger partial charge in [0.1, 0.15) is 12.9 Å². The zero-order valence-electron chi connectivity index (χ0n) is 10.5. The van der Waals surface area contributed by atoms with Crippen LogP contribution >= 0.6 is 11.3 Å². The summed E-state index contributed by atoms with van der Waals surface area (Å²) in [6, 6.07) is 4.37. The molecule has 0 aliphatic carbocycles. The average Bonchev–Trinajstić information content (AvgIpc) is 2.78. The highest BCUT2D eigenvalue weighted by atomic mass is 32.1. The molecule has 0 spiro atoms. The van der Waals surface area contributed by atoms with E-state index in [1.807, 2.05) is 0 Å². The van der Waals surface area contributed by atoms with Gasteiger partial charge in [0.25, 0.3) is 0 Å². The van der Waals surface area contributed by atoms with Gasteiger partial charge in [0.2, 0.25) is 0 Å². The Balaban J connectivity index is 2.51. The number of hydrogen-bond donors (Lipinski definition) is 0. The minimum Gasteiger partial charge on any atom is -0.461 e. The number of rotatable bonds is 4. The molecule has 0 amide bonds. The summed E-state index contributed by atoms with van der Waals surface area (Å²) in [5.41, 5.74) is 0.669. The summed E-state index contributed by atoms with van der Waals surface area (Å²) in [7, 11) is 1.35. The Kier molecular flexibility index (Phi) is 4.11. The highest BCUT2D eigenvalue weighted by Gasteiger charge is 2.20. The van der Waals surface area contributed by atoms with Crippen LogP contribution in [0.1, 0.15) is 12.5 Å². The zero-order chi connectivity index (χ0) is 13.8. The van der Waals surface area contributed by atoms with Gasteiger partial charge >= 0.3 is 5.97 Å². The Morgan fingerprint density at radius 1 is 1.47 bits per heavy atom. The molecule has 100 valence electrons. The van der Waals surface area contributed by atoms with Gasteiger partial charge in [0, 0.05) is 21.0 Å². The van der Waals surface area contributed by atoms with E-state index < -0.39 is 5.97 Å². The summed E-state index contributed by atoms with van der Waals surface area (Å²) in [6.07, 6.45) is 0. The van der Waals surface area contributed by atoms with Crippen molar-refractivity contribution in [2.24, 2.45) is 5.16 Å². The fourth-order valence-corrected chi connectivity index (χ4v) is 2.64. The maximum absolute atomic E-state index is 13.1. The normalized spacial score (nSPS) is 11.6. The number of halogens is 1. The molecule has 0 aliphatic heterocycles. The molecule has 0 fully saturated rings. The molecule has 0 unspecified atom stereocenters. The number of nitrogens with zero attached hydrogens (tertiary/aromatic N) is 1. The molecule has 1 heterocycles. The number of carbonyl (C=O) groups is 1. The topological polar surface area (TPSA) is 47.9 Å². The molecule has 2 aromatic rings. The average molecular weight is 281 g/mol. The van der Waals surface area contributed by atoms with Gasteiger partial charge in [-0.3, -0.25) is 0 Å². The summed E-state index contributed by atoms with van der Waals surface area (Å²) >= 11 is 1.33. The summed E-state index contributed by atoms with van der Waals surface area (Å²) in [4.78, 5) is 16.5. The molecule has 0 saturated heterocycles. The highest BCUT2D eigenvalue weighted by molar-refractivity contribution is 7.17. The lowest BCUT2D eigenvalue weighted by atomic mass is 10.1. The molecule has 0 N–H and O–H groups in total. The van der Waals surface area contributed by atoms with Gasteiger partial charge in [-0.05, 0) is 25.1 Å². The molecule has 2 rings (SSSR count). The van der Waals surface area contributed by atoms with Crippen LogP contribution in [0.4, 0.5) is 4.39 Å². The maximum atomic E-state index is 13.1. The van der Waals surface area contributed by atoms with Crippen LogP contribution in [0.2, 0.25) is 0 Å². The van der Waals surface area contributed by atoms with Gasteiger partial charge in [0.05, 0.1) is 6.61 Å². The molecule has 1 aromatic carbocycles. The van der Waals surface area contributed by atoms with E-state index in [1.165, 1.54) is 30.6 Å². The SMILES string of the molecule is CCOC(=O)C(=NOC)c1csc2cc(F)ccc12. The van der Waals surface area contributed by atoms with E-state index in [0.717, 1.165) is 10.1 Å². The van der Waals surface area contributed by atoms with Crippen LogP contribution in [0.25, 0.3) is 10.1 Å². The fraction of sp³-hybridized carbons (Fsp3) is 0.231. The van der Waals surface area contributed by atoms with Gasteiger partial charge in [-0.2, -0.15) is 0 Å². The Bertz CT molecular complexity index is 636. The zero-order valence-corrected chi connectivity index (χ0v) is 11.3. The van der Waals surface area contributed by atoms with Gasteiger partial charge in [0.15, 0.2) is 5.71 Å². The number of oxime groups is 1. The summed E-state index contributed by atoms with van der Waals surface area (Å²) in [6.45, 7) is 1.96. The van der Waals surface area contributed by atoms with Crippen molar-refractivity contribution >= 4 is 33.1 Å². The van der Waals surface area contributed by atoms with E-state index >= 15 is 0 Å². The first-order chi connectivity index (χ1) is 9.17. The molecule has 0 bridgehead atoms. The van der Waals surface area contributed by atoms with Crippen molar-refractivity contribution in [1.82, 2.24) is 0 Å². The van der Waals surface area contributed by atoms with Crippen molar-refractivity contribution in [3.63, 3.8) is 0 Å². The van der Waals surface area contributed by atoms with Gasteiger partial charge < -0.3 is 9.57 Å². The Morgan fingerprint density at radius 3 is 2.95 bits per heavy atom. The van der Waals surface area contributed by atoms with Crippen molar-refractivity contribution < 1.29 is 18.8 Å². The molecule has 4 nitrogen and oxygen atoms in total. The molecule has 6 heteroatoms. The van der Waals surface area contributed by atoms with E-state index in [-0.39, 0.29) is 18.1 Å². The van der Waals surface area contributed by atoms with E-state index in [2.05, 4.69) is 9.99 Å². The Labute approximate surface area is 113 Å². The third kappa shape index (κ3) is 2.73. The monoisotopic (exact) mass is 281 g/mol. The summed E-state index contributed by atoms with van der Waals surface area (Å²) in [5.74, 6) is -0.879. The van der Waals surface area contributed by atoms with Crippen LogP contribution in [-0.4, -0.2) is 25.4 Å². The van der Waals surface area contributed by atoms with Crippen LogP contribution in [0.5, 0.6) is 0 Å². The lowest BCUT2D eigenvalue weighted by molar-refractivity contribution is -0.135. The molecule has 0 atom stereocenters. The molecular weight excluding hydrogens is 269 g/mol. The Hall–Kier alpha value is -1.95. The molecule has 0 radical (unpaired) electrons. The van der Waals surface area contributed by atoms with Gasteiger partial charge in [-0.15, -0.1) is 11.3 Å². The first-order valence-electron chi connectivity index (χ1n) is 5.62. The largest absolute Gasteiger partial charge is 0.461 e. The summed E-state index contributed by atoms with van der Waals surface area (Å²) in [5, 5.41) is 6.19. The molecular formula is C13H12FNO3S. The van der Waals surface area contributed by atoms with E-state index in [0.29, 0.717) is 5.56 Å². The second-order valence-corrected chi connectivity index (χ2v) is 4.54. The van der Waals surface area contributed by atoms with Crippen LogP contribution in [0, 0.1) is 5.82 Å². The smallest absolute Gasteiger partial charge is 0.361 e. The first kappa shape index (κ1) is 13.5. The quantitative estimate of drug-likeness (QED) is 0.492. The van der Waals surface area contributed by atoms with Gasteiger partial charge in [-0.25, -0.2) is 9.18 Å². The lowest BCUT2D eigenvalue weighted by Gasteiger charge is -2.04. The highest BCUT2D eigenvalue weighted by Crippen LogP contribution is 2.27. The number of fused-ring (bicyclic) bond motifs is 1. The second-order valence-electron chi connectivity index (χ2n) is 3.63. The first-order valence-corrected chi connectivity index (χ1v) is 6.50. The molecule has 0 saturated carbocycles.